The predicted octanol–water partition coefficient (Wildman–Crippen LogP) is 4.79. The van der Waals surface area contributed by atoms with Crippen LogP contribution in [0.2, 0.25) is 30.2 Å². The third-order valence-corrected chi connectivity index (χ3v) is 13.5. The Balaban J connectivity index is 0. The SMILES string of the molecule is CCC[Si](OC)(OC)OC.CC[Si](CC)(CC)CC. The van der Waals surface area contributed by atoms with Gasteiger partial charge in [0, 0.05) is 27.4 Å². The van der Waals surface area contributed by atoms with Crippen molar-refractivity contribution in [2.24, 2.45) is 0 Å². The summed E-state index contributed by atoms with van der Waals surface area (Å²) in [4.78, 5) is 0. The molecule has 0 spiro atoms. The second kappa shape index (κ2) is 12.1. The zero-order chi connectivity index (χ0) is 15.4. The number of rotatable bonds is 9. The average molecular weight is 309 g/mol. The second-order valence-corrected chi connectivity index (χ2v) is 13.9. The topological polar surface area (TPSA) is 27.7 Å². The van der Waals surface area contributed by atoms with Gasteiger partial charge in [0.2, 0.25) is 0 Å². The van der Waals surface area contributed by atoms with E-state index in [1.54, 1.807) is 21.3 Å². The van der Waals surface area contributed by atoms with Crippen molar-refractivity contribution in [3.63, 3.8) is 0 Å². The highest BCUT2D eigenvalue weighted by atomic mass is 28.4. The van der Waals surface area contributed by atoms with Gasteiger partial charge in [0.05, 0.1) is 8.07 Å². The molecule has 0 aromatic carbocycles. The standard InChI is InChI=1S/C8H20Si.C6H16O3Si/c1-5-9(6-2,7-3)8-4;1-5-6-10(7-2,8-3)9-4/h5-8H2,1-4H3;5-6H2,1-4H3. The lowest BCUT2D eigenvalue weighted by molar-refractivity contribution is 0.123. The molecule has 0 aliphatic rings. The van der Waals surface area contributed by atoms with Gasteiger partial charge in [-0.2, -0.15) is 0 Å². The third kappa shape index (κ3) is 7.61. The van der Waals surface area contributed by atoms with Crippen molar-refractivity contribution in [2.45, 2.75) is 71.3 Å². The van der Waals surface area contributed by atoms with E-state index in [0.717, 1.165) is 12.5 Å². The lowest BCUT2D eigenvalue weighted by Crippen LogP contribution is -2.42. The van der Waals surface area contributed by atoms with Crippen LogP contribution in [0.25, 0.3) is 0 Å². The number of hydrogen-bond acceptors (Lipinski definition) is 3. The molecule has 0 radical (unpaired) electrons. The van der Waals surface area contributed by atoms with E-state index in [2.05, 4.69) is 34.6 Å². The molecular formula is C14H36O3Si2. The van der Waals surface area contributed by atoms with E-state index in [-0.39, 0.29) is 0 Å². The molecule has 0 aromatic heterocycles. The lowest BCUT2D eigenvalue weighted by atomic mass is 10.6. The average Bonchev–Trinajstić information content (AvgIpc) is 2.49. The maximum Gasteiger partial charge on any atom is 0.500 e. The highest BCUT2D eigenvalue weighted by Gasteiger charge is 2.36. The normalized spacial score (nSPS) is 12.0. The third-order valence-electron chi connectivity index (χ3n) is 4.49. The summed E-state index contributed by atoms with van der Waals surface area (Å²) in [5.74, 6) is 0. The van der Waals surface area contributed by atoms with Crippen molar-refractivity contribution in [3.05, 3.63) is 0 Å². The quantitative estimate of drug-likeness (QED) is 0.573. The fraction of sp³-hybridized carbons (Fsp3) is 1.00. The van der Waals surface area contributed by atoms with Gasteiger partial charge in [-0.05, 0) is 0 Å². The molecule has 5 heteroatoms. The minimum Gasteiger partial charge on any atom is -0.377 e. The summed E-state index contributed by atoms with van der Waals surface area (Å²) >= 11 is 0. The van der Waals surface area contributed by atoms with Gasteiger partial charge in [-0.3, -0.25) is 0 Å². The second-order valence-electron chi connectivity index (χ2n) is 4.96. The van der Waals surface area contributed by atoms with E-state index in [1.807, 2.05) is 0 Å². The van der Waals surface area contributed by atoms with Crippen LogP contribution in [0.4, 0.5) is 0 Å². The molecule has 0 N–H and O–H groups in total. The zero-order valence-corrected chi connectivity index (χ0v) is 16.5. The fourth-order valence-electron chi connectivity index (χ4n) is 2.36. The molecule has 0 rings (SSSR count). The molecule has 118 valence electrons. The maximum atomic E-state index is 5.17. The molecule has 0 unspecified atom stereocenters. The highest BCUT2D eigenvalue weighted by molar-refractivity contribution is 6.79. The first-order chi connectivity index (χ1) is 8.99. The Labute approximate surface area is 123 Å². The van der Waals surface area contributed by atoms with Crippen LogP contribution in [0.15, 0.2) is 0 Å². The lowest BCUT2D eigenvalue weighted by Gasteiger charge is -2.25. The molecule has 0 atom stereocenters. The summed E-state index contributed by atoms with van der Waals surface area (Å²) in [6.07, 6.45) is 1.03. The minimum atomic E-state index is -2.22. The van der Waals surface area contributed by atoms with Crippen molar-refractivity contribution in [2.75, 3.05) is 21.3 Å². The van der Waals surface area contributed by atoms with Gasteiger partial charge in [-0.15, -0.1) is 0 Å². The molecular weight excluding hydrogens is 272 g/mol. The van der Waals surface area contributed by atoms with Crippen molar-refractivity contribution in [3.8, 4) is 0 Å². The van der Waals surface area contributed by atoms with E-state index in [4.69, 9.17) is 13.3 Å². The first-order valence-corrected chi connectivity index (χ1v) is 12.4. The van der Waals surface area contributed by atoms with Crippen LogP contribution in [0.3, 0.4) is 0 Å². The maximum absolute atomic E-state index is 5.17. The zero-order valence-electron chi connectivity index (χ0n) is 14.5. The van der Waals surface area contributed by atoms with Crippen molar-refractivity contribution in [1.29, 1.82) is 0 Å². The Morgan fingerprint density at radius 1 is 0.632 bits per heavy atom. The monoisotopic (exact) mass is 308 g/mol. The molecule has 0 aromatic rings. The molecule has 0 fully saturated rings. The molecule has 3 nitrogen and oxygen atoms in total. The van der Waals surface area contributed by atoms with Gasteiger partial charge >= 0.3 is 8.80 Å². The minimum absolute atomic E-state index is 0.691. The first-order valence-electron chi connectivity index (χ1n) is 7.64. The van der Waals surface area contributed by atoms with Gasteiger partial charge in [-0.25, -0.2) is 0 Å². The summed E-state index contributed by atoms with van der Waals surface area (Å²) < 4.78 is 15.5. The molecule has 0 amide bonds. The summed E-state index contributed by atoms with van der Waals surface area (Å²) in [5.41, 5.74) is 0. The Kier molecular flexibility index (Phi) is 13.7. The van der Waals surface area contributed by atoms with Crippen molar-refractivity contribution < 1.29 is 13.3 Å². The molecule has 0 saturated carbocycles. The summed E-state index contributed by atoms with van der Waals surface area (Å²) in [6.45, 7) is 11.5. The summed E-state index contributed by atoms with van der Waals surface area (Å²) in [5, 5.41) is 0. The molecule has 0 saturated heterocycles. The summed E-state index contributed by atoms with van der Waals surface area (Å²) in [7, 11) is 1.99. The molecule has 0 aliphatic carbocycles. The smallest absolute Gasteiger partial charge is 0.377 e. The van der Waals surface area contributed by atoms with Crippen LogP contribution >= 0.6 is 0 Å². The van der Waals surface area contributed by atoms with Crippen molar-refractivity contribution in [1.82, 2.24) is 0 Å². The Bertz CT molecular complexity index is 167. The Morgan fingerprint density at radius 3 is 1.00 bits per heavy atom. The van der Waals surface area contributed by atoms with Crippen LogP contribution in [0.1, 0.15) is 41.0 Å². The predicted molar refractivity (Wildman–Crippen MR) is 89.6 cm³/mol. The largest absolute Gasteiger partial charge is 0.500 e. The van der Waals surface area contributed by atoms with E-state index in [9.17, 15) is 0 Å². The number of hydrogen-bond donors (Lipinski definition) is 0. The van der Waals surface area contributed by atoms with E-state index in [1.165, 1.54) is 24.2 Å². The van der Waals surface area contributed by atoms with Gasteiger partial charge < -0.3 is 13.3 Å². The van der Waals surface area contributed by atoms with Crippen LogP contribution in [0.5, 0.6) is 0 Å². The molecule has 19 heavy (non-hydrogen) atoms. The molecule has 0 aliphatic heterocycles. The summed E-state index contributed by atoms with van der Waals surface area (Å²) in [6, 6.07) is 6.82. The van der Waals surface area contributed by atoms with Gasteiger partial charge in [0.25, 0.3) is 0 Å². The fourth-order valence-corrected chi connectivity index (χ4v) is 7.09. The van der Waals surface area contributed by atoms with Crippen LogP contribution in [-0.4, -0.2) is 38.2 Å². The van der Waals surface area contributed by atoms with Gasteiger partial charge in [0.1, 0.15) is 0 Å². The van der Waals surface area contributed by atoms with E-state index >= 15 is 0 Å². The van der Waals surface area contributed by atoms with Gasteiger partial charge in [-0.1, -0.05) is 65.2 Å². The Morgan fingerprint density at radius 2 is 0.947 bits per heavy atom. The Hall–Kier alpha value is 0.314. The van der Waals surface area contributed by atoms with Gasteiger partial charge in [0.15, 0.2) is 0 Å². The first kappa shape index (κ1) is 21.6. The molecule has 0 bridgehead atoms. The van der Waals surface area contributed by atoms with Crippen LogP contribution in [0, 0.1) is 0 Å². The van der Waals surface area contributed by atoms with Crippen LogP contribution in [-0.2, 0) is 13.3 Å². The van der Waals surface area contributed by atoms with E-state index < -0.39 is 16.9 Å². The highest BCUT2D eigenvalue weighted by Crippen LogP contribution is 2.23. The van der Waals surface area contributed by atoms with Crippen LogP contribution < -0.4 is 0 Å². The van der Waals surface area contributed by atoms with E-state index in [0.29, 0.717) is 0 Å². The molecule has 0 heterocycles. The van der Waals surface area contributed by atoms with Crippen molar-refractivity contribution >= 4 is 16.9 Å².